The summed E-state index contributed by atoms with van der Waals surface area (Å²) in [5.74, 6) is -4.89. The maximum Gasteiger partial charge on any atom is 0.418 e. The van der Waals surface area contributed by atoms with E-state index in [1.807, 2.05) is 30.4 Å². The molecule has 5 atom stereocenters. The lowest BCUT2D eigenvalue weighted by molar-refractivity contribution is -0.192. The number of amides is 1. The van der Waals surface area contributed by atoms with E-state index in [4.69, 9.17) is 4.74 Å². The number of alkyl halides is 7. The number of anilines is 1. The predicted molar refractivity (Wildman–Crippen MR) is 213 cm³/mol. The molecule has 1 amide bonds. The molecule has 1 saturated heterocycles. The highest BCUT2D eigenvalue weighted by atomic mass is 127. The van der Waals surface area contributed by atoms with Crippen LogP contribution in [0.15, 0.2) is 109 Å². The molecule has 2 aromatic carbocycles. The number of aliphatic hydroxyl groups is 1. The fourth-order valence-electron chi connectivity index (χ4n) is 8.52. The number of piperidine rings is 1. The van der Waals surface area contributed by atoms with Crippen molar-refractivity contribution in [2.45, 2.75) is 73.9 Å². The average molecular weight is 906 g/mol. The molecular formula is C43H42F6IN3O4. The molecule has 7 nitrogen and oxygen atoms in total. The molecule has 302 valence electrons. The first-order valence-corrected chi connectivity index (χ1v) is 21.2. The van der Waals surface area contributed by atoms with Gasteiger partial charge in [-0.1, -0.05) is 91.9 Å². The van der Waals surface area contributed by atoms with Gasteiger partial charge in [-0.15, -0.1) is 20.7 Å². The second kappa shape index (κ2) is 16.5. The van der Waals surface area contributed by atoms with E-state index in [9.17, 15) is 27.9 Å². The van der Waals surface area contributed by atoms with Gasteiger partial charge in [-0.05, 0) is 69.7 Å². The normalized spacial score (nSPS) is 25.1. The highest BCUT2D eigenvalue weighted by Gasteiger charge is 2.55. The first-order valence-electron chi connectivity index (χ1n) is 18.9. The minimum atomic E-state index is -4.90. The number of aliphatic hydroxyl groups excluding tert-OH is 1. The van der Waals surface area contributed by atoms with Crippen molar-refractivity contribution >= 4 is 41.9 Å². The van der Waals surface area contributed by atoms with E-state index in [1.165, 1.54) is 0 Å². The molecule has 1 aliphatic carbocycles. The third-order valence-electron chi connectivity index (χ3n) is 11.4. The molecule has 4 aliphatic rings. The Hall–Kier alpha value is -4.31. The van der Waals surface area contributed by atoms with E-state index in [2.05, 4.69) is 41.5 Å². The molecule has 57 heavy (non-hydrogen) atoms. The Kier molecular flexibility index (Phi) is 11.8. The fourth-order valence-corrected chi connectivity index (χ4v) is 13.7. The molecule has 0 bridgehead atoms. The number of halogens is 7. The summed E-state index contributed by atoms with van der Waals surface area (Å²) in [4.78, 5) is 31.8. The lowest BCUT2D eigenvalue weighted by Crippen LogP contribution is -2.52. The Morgan fingerprint density at radius 2 is 1.70 bits per heavy atom. The highest BCUT2D eigenvalue weighted by Crippen LogP contribution is 2.53. The van der Waals surface area contributed by atoms with Gasteiger partial charge < -0.3 is 20.1 Å². The van der Waals surface area contributed by atoms with Crippen LogP contribution in [0.1, 0.15) is 72.0 Å². The number of rotatable bonds is 8. The fraction of sp³-hybridized carbons (Fsp3) is 0.395. The number of aromatic nitrogens is 1. The van der Waals surface area contributed by atoms with Crippen LogP contribution in [0, 0.1) is 17.3 Å². The summed E-state index contributed by atoms with van der Waals surface area (Å²) in [5.41, 5.74) is -0.350. The van der Waals surface area contributed by atoms with Gasteiger partial charge in [0.2, 0.25) is 0 Å². The summed E-state index contributed by atoms with van der Waals surface area (Å²) in [7, 11) is 0. The molecule has 2 N–H and O–H groups in total. The maximum atomic E-state index is 15.0. The number of hydrogen-bond acceptors (Lipinski definition) is 6. The molecule has 0 radical (unpaired) electrons. The zero-order valence-electron chi connectivity index (χ0n) is 31.0. The Morgan fingerprint density at radius 1 is 1.02 bits per heavy atom. The van der Waals surface area contributed by atoms with E-state index < -0.39 is 68.1 Å². The standard InChI is InChI=1S/C43H42F6IN3O4/c1-41(19-9-4-10-20-41)35(27-13-7-3-8-14-27)31-15-16-32-34(36(43(47,48)49)38(54)39(55)52-32)37(50-31)28-17-21-53(22-18-28)33-23-29(30(24-51-33)42(44,45)46)40(56)57-25-26-11-5-2-6-12-26/h2-14,19,23-24,28,31,35-36,38,54H,15-18,20-22,25H2,1H3,(H,52,55)/t31?,35?,36?,38-,41?/m1/s1. The van der Waals surface area contributed by atoms with Gasteiger partial charge in [0.1, 0.15) is 24.4 Å². The van der Waals surface area contributed by atoms with E-state index in [0.717, 1.165) is 18.1 Å². The molecule has 14 heteroatoms. The van der Waals surface area contributed by atoms with Crippen molar-refractivity contribution in [1.29, 1.82) is 0 Å². The first-order chi connectivity index (χ1) is 27.1. The third kappa shape index (κ3) is 8.76. The molecule has 3 aliphatic heterocycles. The molecule has 4 heterocycles. The molecule has 0 saturated carbocycles. The Labute approximate surface area is 336 Å². The van der Waals surface area contributed by atoms with Crippen molar-refractivity contribution in [1.82, 2.24) is 10.3 Å². The topological polar surface area (TPSA) is 91.8 Å². The van der Waals surface area contributed by atoms with Gasteiger partial charge in [0, 0.05) is 34.8 Å². The monoisotopic (exact) mass is 905 g/mol. The zero-order valence-corrected chi connectivity index (χ0v) is 33.2. The van der Waals surface area contributed by atoms with Crippen molar-refractivity contribution in [2.24, 2.45) is 17.3 Å². The highest BCUT2D eigenvalue weighted by molar-refractivity contribution is 14.2. The summed E-state index contributed by atoms with van der Waals surface area (Å²) < 4.78 is 93.2. The molecule has 0 spiro atoms. The third-order valence-corrected chi connectivity index (χ3v) is 15.6. The maximum absolute atomic E-state index is 15.0. The van der Waals surface area contributed by atoms with Crippen molar-refractivity contribution in [3.8, 4) is 0 Å². The molecule has 1 aromatic heterocycles. The second-order valence-electron chi connectivity index (χ2n) is 15.2. The quantitative estimate of drug-likeness (QED) is 0.102. The molecule has 4 unspecified atom stereocenters. The summed E-state index contributed by atoms with van der Waals surface area (Å²) in [5, 5.41) is 13.5. The van der Waals surface area contributed by atoms with Crippen molar-refractivity contribution in [3.63, 3.8) is 0 Å². The number of nitrogens with zero attached hydrogens (tertiary/aromatic N) is 2. The molecule has 7 rings (SSSR count). The van der Waals surface area contributed by atoms with E-state index in [-0.39, 0.29) is 64.4 Å². The van der Waals surface area contributed by atoms with Crippen LogP contribution < -0.4 is 10.2 Å². The number of allylic oxidation sites excluding steroid dienone is 5. The number of benzene rings is 2. The van der Waals surface area contributed by atoms with Crippen LogP contribution in [0.4, 0.5) is 32.2 Å². The lowest BCUT2D eigenvalue weighted by atomic mass is 9.67. The van der Waals surface area contributed by atoms with Gasteiger partial charge in [0.25, 0.3) is 5.91 Å². The summed E-state index contributed by atoms with van der Waals surface area (Å²) in [6, 6.07) is 19.6. The van der Waals surface area contributed by atoms with Gasteiger partial charge in [-0.25, -0.2) is 9.78 Å². The van der Waals surface area contributed by atoms with Crippen molar-refractivity contribution in [2.75, 3.05) is 18.0 Å². The van der Waals surface area contributed by atoms with Gasteiger partial charge in [0.15, 0.2) is 0 Å². The summed E-state index contributed by atoms with van der Waals surface area (Å²) in [6.45, 7) is 2.42. The van der Waals surface area contributed by atoms with Gasteiger partial charge in [0.05, 0.1) is 11.1 Å². The average Bonchev–Trinajstić information content (AvgIpc) is 3.36. The van der Waals surface area contributed by atoms with Crippen LogP contribution in [0.25, 0.3) is 0 Å². The second-order valence-corrected chi connectivity index (χ2v) is 18.5. The lowest BCUT2D eigenvalue weighted by Gasteiger charge is -2.41. The van der Waals surface area contributed by atoms with E-state index in [0.29, 0.717) is 34.5 Å². The Morgan fingerprint density at radius 3 is 2.33 bits per heavy atom. The van der Waals surface area contributed by atoms with Gasteiger partial charge in [-0.2, -0.15) is 26.3 Å². The van der Waals surface area contributed by atoms with Crippen molar-refractivity contribution < 1.29 is 45.8 Å². The minimum Gasteiger partial charge on any atom is -0.457 e. The van der Waals surface area contributed by atoms with Gasteiger partial charge in [-0.3, -0.25) is 4.79 Å². The van der Waals surface area contributed by atoms with Gasteiger partial charge >= 0.3 is 18.3 Å². The zero-order chi connectivity index (χ0) is 40.5. The number of carbonyl (C=O) groups excluding carboxylic acids is 2. The number of ether oxygens (including phenoxy) is 1. The largest absolute Gasteiger partial charge is 0.457 e. The van der Waals surface area contributed by atoms with Crippen LogP contribution in [0.3, 0.4) is 0 Å². The summed E-state index contributed by atoms with van der Waals surface area (Å²) in [6.07, 6.45) is -0.983. The molecule has 3 aromatic rings. The van der Waals surface area contributed by atoms with Crippen LogP contribution in [-0.2, 0) is 22.3 Å². The number of hydrogen-bond donors (Lipinski definition) is 2. The molecule has 1 fully saturated rings. The van der Waals surface area contributed by atoms with Crippen LogP contribution in [-0.4, -0.2) is 54.8 Å². The number of esters is 1. The first kappa shape index (κ1) is 40.9. The van der Waals surface area contributed by atoms with Crippen LogP contribution >= 0.6 is 20.7 Å². The van der Waals surface area contributed by atoms with E-state index in [1.54, 1.807) is 35.2 Å². The molecular weight excluding hydrogens is 863 g/mol. The van der Waals surface area contributed by atoms with Crippen molar-refractivity contribution in [3.05, 3.63) is 131 Å². The SMILES string of the molecule is CC1(C(c2ccccc2)C2CCC3=C(C(C4CCN(c5cc(C(=O)OCc6ccccc6)c(C(F)(F)F)cn5)CC4)=I2)C(C(F)(F)F)[C@@H](O)C(=O)N3)C=CC=CC1. The Bertz CT molecular complexity index is 2090. The van der Waals surface area contributed by atoms with Crippen LogP contribution in [0.5, 0.6) is 0 Å². The Balaban J connectivity index is 1.23. The summed E-state index contributed by atoms with van der Waals surface area (Å²) >= 11 is -1.16. The predicted octanol–water partition coefficient (Wildman–Crippen LogP) is 9.21. The van der Waals surface area contributed by atoms with Crippen LogP contribution in [0.2, 0.25) is 0 Å². The number of pyridine rings is 1. The minimum absolute atomic E-state index is 0.00417. The number of carbonyl (C=O) groups is 2. The number of nitrogens with one attached hydrogen (secondary N) is 1. The smallest absolute Gasteiger partial charge is 0.418 e. The van der Waals surface area contributed by atoms with E-state index >= 15 is 13.2 Å².